The SMILES string of the molecule is Clc1ccc2c(c1)CCC(NCc1nnc3cccnn13)C2. The molecule has 0 radical (unpaired) electrons. The highest BCUT2D eigenvalue weighted by Crippen LogP contribution is 2.24. The van der Waals surface area contributed by atoms with Gasteiger partial charge in [-0.05, 0) is 54.7 Å². The molecular formula is C16H16ClN5. The second kappa shape index (κ2) is 5.66. The number of nitrogens with zero attached hydrogens (tertiary/aromatic N) is 4. The zero-order chi connectivity index (χ0) is 14.9. The fraction of sp³-hybridized carbons (Fsp3) is 0.312. The van der Waals surface area contributed by atoms with Gasteiger partial charge in [0.05, 0.1) is 6.54 Å². The Morgan fingerprint density at radius 1 is 1.23 bits per heavy atom. The molecule has 2 heterocycles. The molecule has 4 rings (SSSR count). The molecule has 1 aliphatic rings. The number of aryl methyl sites for hydroxylation is 1. The van der Waals surface area contributed by atoms with Crippen molar-refractivity contribution >= 4 is 17.2 Å². The molecule has 1 unspecified atom stereocenters. The van der Waals surface area contributed by atoms with E-state index in [-0.39, 0.29) is 0 Å². The first kappa shape index (κ1) is 13.7. The molecule has 0 spiro atoms. The van der Waals surface area contributed by atoms with E-state index >= 15 is 0 Å². The molecule has 0 saturated carbocycles. The molecule has 5 nitrogen and oxygen atoms in total. The Morgan fingerprint density at radius 2 is 2.18 bits per heavy atom. The number of rotatable bonds is 3. The van der Waals surface area contributed by atoms with Crippen LogP contribution in [0.3, 0.4) is 0 Å². The molecule has 0 amide bonds. The monoisotopic (exact) mass is 313 g/mol. The molecule has 1 atom stereocenters. The van der Waals surface area contributed by atoms with Crippen LogP contribution >= 0.6 is 11.6 Å². The normalized spacial score (nSPS) is 17.6. The third-order valence-electron chi connectivity index (χ3n) is 4.19. The van der Waals surface area contributed by atoms with Gasteiger partial charge < -0.3 is 5.32 Å². The van der Waals surface area contributed by atoms with Crippen molar-refractivity contribution in [3.63, 3.8) is 0 Å². The first-order chi connectivity index (χ1) is 10.8. The lowest BCUT2D eigenvalue weighted by Gasteiger charge is -2.25. The summed E-state index contributed by atoms with van der Waals surface area (Å²) >= 11 is 6.06. The van der Waals surface area contributed by atoms with Gasteiger partial charge in [0.25, 0.3) is 0 Å². The van der Waals surface area contributed by atoms with Gasteiger partial charge in [0, 0.05) is 17.3 Å². The molecule has 1 aromatic carbocycles. The summed E-state index contributed by atoms with van der Waals surface area (Å²) in [5.41, 5.74) is 3.54. The molecule has 1 N–H and O–H groups in total. The van der Waals surface area contributed by atoms with Crippen LogP contribution in [-0.4, -0.2) is 25.9 Å². The van der Waals surface area contributed by atoms with Crippen LogP contribution in [0.5, 0.6) is 0 Å². The summed E-state index contributed by atoms with van der Waals surface area (Å²) in [6, 6.07) is 10.4. The Morgan fingerprint density at radius 3 is 3.14 bits per heavy atom. The topological polar surface area (TPSA) is 55.1 Å². The Kier molecular flexibility index (Phi) is 3.52. The summed E-state index contributed by atoms with van der Waals surface area (Å²) in [5.74, 6) is 0.845. The van der Waals surface area contributed by atoms with Crippen molar-refractivity contribution in [1.29, 1.82) is 0 Å². The van der Waals surface area contributed by atoms with Gasteiger partial charge in [0.1, 0.15) is 0 Å². The highest BCUT2D eigenvalue weighted by molar-refractivity contribution is 6.30. The largest absolute Gasteiger partial charge is 0.307 e. The van der Waals surface area contributed by atoms with Crippen molar-refractivity contribution < 1.29 is 0 Å². The lowest BCUT2D eigenvalue weighted by molar-refractivity contribution is 0.448. The minimum Gasteiger partial charge on any atom is -0.307 e. The van der Waals surface area contributed by atoms with E-state index in [0.717, 1.165) is 35.8 Å². The molecule has 1 aliphatic carbocycles. The molecule has 0 aliphatic heterocycles. The lowest BCUT2D eigenvalue weighted by Crippen LogP contribution is -2.34. The van der Waals surface area contributed by atoms with E-state index in [1.165, 1.54) is 11.1 Å². The second-order valence-corrected chi connectivity index (χ2v) is 6.08. The average molecular weight is 314 g/mol. The van der Waals surface area contributed by atoms with Crippen LogP contribution in [0.1, 0.15) is 23.4 Å². The first-order valence-corrected chi connectivity index (χ1v) is 7.83. The van der Waals surface area contributed by atoms with Gasteiger partial charge in [-0.3, -0.25) is 0 Å². The van der Waals surface area contributed by atoms with E-state index in [0.29, 0.717) is 12.6 Å². The smallest absolute Gasteiger partial charge is 0.177 e. The Hall–Kier alpha value is -1.98. The molecule has 112 valence electrons. The number of halogens is 1. The van der Waals surface area contributed by atoms with Gasteiger partial charge in [-0.15, -0.1) is 10.2 Å². The maximum absolute atomic E-state index is 6.06. The highest BCUT2D eigenvalue weighted by Gasteiger charge is 2.19. The Bertz CT molecular complexity index is 813. The van der Waals surface area contributed by atoms with E-state index in [1.54, 1.807) is 10.7 Å². The molecular weight excluding hydrogens is 298 g/mol. The maximum atomic E-state index is 6.06. The fourth-order valence-corrected chi connectivity index (χ4v) is 3.23. The van der Waals surface area contributed by atoms with Crippen molar-refractivity contribution in [3.05, 3.63) is 58.5 Å². The molecule has 3 aromatic rings. The van der Waals surface area contributed by atoms with Gasteiger partial charge in [-0.2, -0.15) is 9.61 Å². The number of benzene rings is 1. The summed E-state index contributed by atoms with van der Waals surface area (Å²) in [6.07, 6.45) is 4.95. The van der Waals surface area contributed by atoms with E-state index in [9.17, 15) is 0 Å². The zero-order valence-electron chi connectivity index (χ0n) is 12.0. The van der Waals surface area contributed by atoms with Crippen molar-refractivity contribution in [1.82, 2.24) is 25.1 Å². The molecule has 6 heteroatoms. The third-order valence-corrected chi connectivity index (χ3v) is 4.42. The van der Waals surface area contributed by atoms with Gasteiger partial charge in [-0.1, -0.05) is 17.7 Å². The van der Waals surface area contributed by atoms with E-state index in [2.05, 4.69) is 32.7 Å². The molecule has 2 aromatic heterocycles. The standard InChI is InChI=1S/C16H16ClN5/c17-13-5-3-12-9-14(6-4-11(12)8-13)18-10-16-21-20-15-2-1-7-19-22(15)16/h1-3,5,7-8,14,18H,4,6,9-10H2. The van der Waals surface area contributed by atoms with E-state index in [1.807, 2.05) is 18.2 Å². The fourth-order valence-electron chi connectivity index (χ4n) is 3.03. The zero-order valence-corrected chi connectivity index (χ0v) is 12.8. The van der Waals surface area contributed by atoms with Gasteiger partial charge in [0.15, 0.2) is 11.5 Å². The minimum absolute atomic E-state index is 0.449. The second-order valence-electron chi connectivity index (χ2n) is 5.64. The van der Waals surface area contributed by atoms with Crippen molar-refractivity contribution in [3.8, 4) is 0 Å². The molecule has 0 bridgehead atoms. The van der Waals surface area contributed by atoms with Crippen LogP contribution < -0.4 is 5.32 Å². The van der Waals surface area contributed by atoms with Gasteiger partial charge in [0.2, 0.25) is 0 Å². The summed E-state index contributed by atoms with van der Waals surface area (Å²) in [6.45, 7) is 0.672. The lowest BCUT2D eigenvalue weighted by atomic mass is 9.88. The Labute approximate surface area is 133 Å². The number of hydrogen-bond acceptors (Lipinski definition) is 4. The highest BCUT2D eigenvalue weighted by atomic mass is 35.5. The predicted molar refractivity (Wildman–Crippen MR) is 84.9 cm³/mol. The number of nitrogens with one attached hydrogen (secondary N) is 1. The third kappa shape index (κ3) is 2.58. The molecule has 22 heavy (non-hydrogen) atoms. The van der Waals surface area contributed by atoms with Crippen LogP contribution in [0, 0.1) is 0 Å². The Balaban J connectivity index is 1.45. The summed E-state index contributed by atoms with van der Waals surface area (Å²) in [4.78, 5) is 0. The van der Waals surface area contributed by atoms with Gasteiger partial charge in [-0.25, -0.2) is 0 Å². The summed E-state index contributed by atoms with van der Waals surface area (Å²) < 4.78 is 1.78. The van der Waals surface area contributed by atoms with Crippen LogP contribution in [0.25, 0.3) is 5.65 Å². The van der Waals surface area contributed by atoms with E-state index < -0.39 is 0 Å². The maximum Gasteiger partial charge on any atom is 0.177 e. The van der Waals surface area contributed by atoms with Crippen molar-refractivity contribution in [2.75, 3.05) is 0 Å². The number of aromatic nitrogens is 4. The van der Waals surface area contributed by atoms with Crippen LogP contribution in [-0.2, 0) is 19.4 Å². The van der Waals surface area contributed by atoms with Crippen LogP contribution in [0.2, 0.25) is 5.02 Å². The number of hydrogen-bond donors (Lipinski definition) is 1. The summed E-state index contributed by atoms with van der Waals surface area (Å²) in [7, 11) is 0. The summed E-state index contributed by atoms with van der Waals surface area (Å²) in [5, 5.41) is 17.0. The average Bonchev–Trinajstić information content (AvgIpc) is 2.96. The van der Waals surface area contributed by atoms with Gasteiger partial charge >= 0.3 is 0 Å². The minimum atomic E-state index is 0.449. The van der Waals surface area contributed by atoms with E-state index in [4.69, 9.17) is 11.6 Å². The molecule has 0 fully saturated rings. The molecule has 0 saturated heterocycles. The van der Waals surface area contributed by atoms with Crippen molar-refractivity contribution in [2.45, 2.75) is 31.8 Å². The quantitative estimate of drug-likeness (QED) is 0.807. The predicted octanol–water partition coefficient (Wildman–Crippen LogP) is 2.42. The van der Waals surface area contributed by atoms with Crippen molar-refractivity contribution in [2.24, 2.45) is 0 Å². The first-order valence-electron chi connectivity index (χ1n) is 7.45. The number of fused-ring (bicyclic) bond motifs is 2. The van der Waals surface area contributed by atoms with Crippen LogP contribution in [0.15, 0.2) is 36.5 Å². The van der Waals surface area contributed by atoms with Crippen LogP contribution in [0.4, 0.5) is 0 Å².